The van der Waals surface area contributed by atoms with Crippen LogP contribution in [0.1, 0.15) is 43.5 Å². The summed E-state index contributed by atoms with van der Waals surface area (Å²) < 4.78 is 5.22. The molecule has 1 unspecified atom stereocenters. The molecule has 0 bridgehead atoms. The molecule has 1 fully saturated rings. The Balaban J connectivity index is 0.000000534. The van der Waals surface area contributed by atoms with Gasteiger partial charge in [0.2, 0.25) is 5.91 Å². The first kappa shape index (κ1) is 25.5. The number of nitrogens with zero attached hydrogens (tertiary/aromatic N) is 1. The van der Waals surface area contributed by atoms with Crippen molar-refractivity contribution >= 4 is 51.5 Å². The van der Waals surface area contributed by atoms with Crippen molar-refractivity contribution in [2.75, 3.05) is 25.0 Å². The molecule has 2 aromatic heterocycles. The number of rotatable bonds is 6. The van der Waals surface area contributed by atoms with Crippen LogP contribution in [-0.4, -0.2) is 64.7 Å². The van der Waals surface area contributed by atoms with Gasteiger partial charge in [0.25, 0.3) is 0 Å². The van der Waals surface area contributed by atoms with E-state index in [1.165, 1.54) is 17.8 Å². The summed E-state index contributed by atoms with van der Waals surface area (Å²) in [5.41, 5.74) is 1.28. The van der Waals surface area contributed by atoms with Crippen LogP contribution < -0.4 is 5.32 Å². The van der Waals surface area contributed by atoms with Crippen molar-refractivity contribution in [1.82, 2.24) is 4.90 Å². The third kappa shape index (κ3) is 7.14. The van der Waals surface area contributed by atoms with E-state index in [1.807, 2.05) is 22.9 Å². The second kappa shape index (κ2) is 12.3. The van der Waals surface area contributed by atoms with Crippen LogP contribution in [0.4, 0.5) is 5.00 Å². The first-order valence-electron chi connectivity index (χ1n) is 10.1. The van der Waals surface area contributed by atoms with E-state index in [1.54, 1.807) is 18.3 Å². The number of likely N-dealkylation sites (tertiary alicyclic amines) is 1. The number of anilines is 1. The zero-order valence-corrected chi connectivity index (χ0v) is 19.5. The largest absolute Gasteiger partial charge is 0.473 e. The zero-order valence-electron chi connectivity index (χ0n) is 17.8. The molecule has 1 atom stereocenters. The molecular weight excluding hydrogens is 456 g/mol. The summed E-state index contributed by atoms with van der Waals surface area (Å²) in [6.07, 6.45) is 3.48. The van der Waals surface area contributed by atoms with Gasteiger partial charge in [0.05, 0.1) is 13.2 Å². The number of esters is 1. The zero-order chi connectivity index (χ0) is 23.7. The van der Waals surface area contributed by atoms with Crippen LogP contribution in [0, 0.1) is 0 Å². The van der Waals surface area contributed by atoms with Crippen LogP contribution in [0.2, 0.25) is 0 Å². The second-order valence-corrected chi connectivity index (χ2v) is 8.85. The van der Waals surface area contributed by atoms with Gasteiger partial charge in [-0.1, -0.05) is 12.5 Å². The van der Waals surface area contributed by atoms with Crippen molar-refractivity contribution in [1.29, 1.82) is 0 Å². The standard InChI is InChI=1S/C19H24N2O3S2.C2H2O4/c1-3-24-19(23)17-14(15-8-6-10-25-15)12-26-18(17)20-16(22)11-21-9-5-4-7-13(21)2;3-1(4)2(5)6/h6,8,10,12-13H,3-5,7,9,11H2,1-2H3,(H,20,22);(H,3,4)(H,5,6). The average Bonchev–Trinajstić information content (AvgIpc) is 3.40. The molecule has 1 amide bonds. The number of carbonyl (C=O) groups is 4. The van der Waals surface area contributed by atoms with Gasteiger partial charge in [-0.3, -0.25) is 9.69 Å². The predicted octanol–water partition coefficient (Wildman–Crippen LogP) is 3.62. The number of aliphatic carboxylic acids is 2. The molecule has 2 aromatic rings. The third-order valence-electron chi connectivity index (χ3n) is 4.78. The molecule has 11 heteroatoms. The van der Waals surface area contributed by atoms with Crippen LogP contribution in [0.3, 0.4) is 0 Å². The van der Waals surface area contributed by atoms with Crippen molar-refractivity contribution < 1.29 is 34.1 Å². The second-order valence-electron chi connectivity index (χ2n) is 7.03. The maximum Gasteiger partial charge on any atom is 0.414 e. The van der Waals surface area contributed by atoms with Crippen LogP contribution in [0.15, 0.2) is 22.9 Å². The first-order valence-corrected chi connectivity index (χ1v) is 11.8. The molecule has 0 aromatic carbocycles. The van der Waals surface area contributed by atoms with Crippen molar-refractivity contribution in [3.8, 4) is 10.4 Å². The summed E-state index contributed by atoms with van der Waals surface area (Å²) in [4.78, 5) is 46.5. The fraction of sp³-hybridized carbons (Fsp3) is 0.429. The Morgan fingerprint density at radius 3 is 2.47 bits per heavy atom. The Morgan fingerprint density at radius 1 is 1.19 bits per heavy atom. The molecule has 1 aliphatic heterocycles. The molecular formula is C21H26N2O7S2. The van der Waals surface area contributed by atoms with E-state index >= 15 is 0 Å². The van der Waals surface area contributed by atoms with Gasteiger partial charge in [0.1, 0.15) is 10.6 Å². The Morgan fingerprint density at radius 2 is 1.91 bits per heavy atom. The third-order valence-corrected chi connectivity index (χ3v) is 6.58. The summed E-state index contributed by atoms with van der Waals surface area (Å²) in [5.74, 6) is -4.12. The summed E-state index contributed by atoms with van der Waals surface area (Å²) in [7, 11) is 0. The number of ether oxygens (including phenoxy) is 1. The van der Waals surface area contributed by atoms with Crippen LogP contribution in [0.5, 0.6) is 0 Å². The summed E-state index contributed by atoms with van der Waals surface area (Å²) in [6, 6.07) is 4.34. The minimum Gasteiger partial charge on any atom is -0.473 e. The molecule has 174 valence electrons. The SMILES string of the molecule is CCOC(=O)c1c(-c2cccs2)csc1NC(=O)CN1CCCCC1C.O=C(O)C(=O)O. The number of carbonyl (C=O) groups excluding carboxylic acids is 2. The minimum atomic E-state index is -1.82. The minimum absolute atomic E-state index is 0.0797. The Kier molecular flexibility index (Phi) is 9.82. The van der Waals surface area contributed by atoms with Gasteiger partial charge in [-0.05, 0) is 44.7 Å². The quantitative estimate of drug-likeness (QED) is 0.420. The maximum absolute atomic E-state index is 12.6. The van der Waals surface area contributed by atoms with E-state index in [-0.39, 0.29) is 5.91 Å². The van der Waals surface area contributed by atoms with Crippen LogP contribution in [0.25, 0.3) is 10.4 Å². The van der Waals surface area contributed by atoms with Crippen LogP contribution in [-0.2, 0) is 19.1 Å². The number of carboxylic acid groups (broad SMARTS) is 2. The van der Waals surface area contributed by atoms with E-state index in [0.29, 0.717) is 29.8 Å². The molecule has 0 radical (unpaired) electrons. The molecule has 1 aliphatic rings. The van der Waals surface area contributed by atoms with Crippen LogP contribution >= 0.6 is 22.7 Å². The molecule has 0 spiro atoms. The van der Waals surface area contributed by atoms with Crippen molar-refractivity contribution in [3.05, 3.63) is 28.5 Å². The number of amides is 1. The van der Waals surface area contributed by atoms with Gasteiger partial charge < -0.3 is 20.3 Å². The smallest absolute Gasteiger partial charge is 0.414 e. The van der Waals surface area contributed by atoms with Crippen molar-refractivity contribution in [3.63, 3.8) is 0 Å². The fourth-order valence-corrected chi connectivity index (χ4v) is 5.00. The van der Waals surface area contributed by atoms with Gasteiger partial charge in [-0.25, -0.2) is 14.4 Å². The Bertz CT molecular complexity index is 928. The van der Waals surface area contributed by atoms with Gasteiger partial charge >= 0.3 is 17.9 Å². The molecule has 32 heavy (non-hydrogen) atoms. The molecule has 3 N–H and O–H groups in total. The molecule has 9 nitrogen and oxygen atoms in total. The summed E-state index contributed by atoms with van der Waals surface area (Å²) in [6.45, 7) is 5.55. The van der Waals surface area contributed by atoms with Gasteiger partial charge in [-0.15, -0.1) is 22.7 Å². The Labute approximate surface area is 193 Å². The van der Waals surface area contributed by atoms with Gasteiger partial charge in [0.15, 0.2) is 0 Å². The van der Waals surface area contributed by atoms with E-state index in [9.17, 15) is 9.59 Å². The summed E-state index contributed by atoms with van der Waals surface area (Å²) >= 11 is 2.94. The number of piperidine rings is 1. The van der Waals surface area contributed by atoms with Gasteiger partial charge in [0, 0.05) is 21.9 Å². The highest BCUT2D eigenvalue weighted by Gasteiger charge is 2.25. The highest BCUT2D eigenvalue weighted by molar-refractivity contribution is 7.17. The number of nitrogens with one attached hydrogen (secondary N) is 1. The fourth-order valence-electron chi connectivity index (χ4n) is 3.21. The highest BCUT2D eigenvalue weighted by Crippen LogP contribution is 2.38. The summed E-state index contributed by atoms with van der Waals surface area (Å²) in [5, 5.41) is 22.2. The van der Waals surface area contributed by atoms with E-state index < -0.39 is 17.9 Å². The van der Waals surface area contributed by atoms with Crippen molar-refractivity contribution in [2.45, 2.75) is 39.2 Å². The number of thiophene rings is 2. The van der Waals surface area contributed by atoms with Gasteiger partial charge in [-0.2, -0.15) is 0 Å². The van der Waals surface area contributed by atoms with E-state index in [0.717, 1.165) is 29.8 Å². The monoisotopic (exact) mass is 482 g/mol. The number of hydrogen-bond acceptors (Lipinski definition) is 8. The highest BCUT2D eigenvalue weighted by atomic mass is 32.1. The Hall–Kier alpha value is -2.76. The van der Waals surface area contributed by atoms with E-state index in [4.69, 9.17) is 24.5 Å². The number of carboxylic acids is 2. The lowest BCUT2D eigenvalue weighted by atomic mass is 10.0. The van der Waals surface area contributed by atoms with E-state index in [2.05, 4.69) is 17.1 Å². The number of hydrogen-bond donors (Lipinski definition) is 3. The van der Waals surface area contributed by atoms with Crippen molar-refractivity contribution in [2.24, 2.45) is 0 Å². The molecule has 0 aliphatic carbocycles. The molecule has 0 saturated carbocycles. The average molecular weight is 483 g/mol. The lowest BCUT2D eigenvalue weighted by molar-refractivity contribution is -0.159. The normalized spacial score (nSPS) is 15.9. The first-order chi connectivity index (χ1) is 15.2. The lowest BCUT2D eigenvalue weighted by Gasteiger charge is -2.32. The molecule has 3 heterocycles. The lowest BCUT2D eigenvalue weighted by Crippen LogP contribution is -2.42. The maximum atomic E-state index is 12.6. The topological polar surface area (TPSA) is 133 Å². The predicted molar refractivity (Wildman–Crippen MR) is 122 cm³/mol. The molecule has 3 rings (SSSR count). The molecule has 1 saturated heterocycles.